The lowest BCUT2D eigenvalue weighted by molar-refractivity contribution is -0.138. The molecule has 1 aliphatic rings. The van der Waals surface area contributed by atoms with Crippen LogP contribution in [0, 0.1) is 38.5 Å². The van der Waals surface area contributed by atoms with Gasteiger partial charge in [0.05, 0.1) is 0 Å². The van der Waals surface area contributed by atoms with Gasteiger partial charge in [0, 0.05) is 12.5 Å². The van der Waals surface area contributed by atoms with E-state index in [1.165, 1.54) is 58.3 Å². The fourth-order valence-corrected chi connectivity index (χ4v) is 5.97. The lowest BCUT2D eigenvalue weighted by atomic mass is 9.83. The summed E-state index contributed by atoms with van der Waals surface area (Å²) < 4.78 is 12.5. The van der Waals surface area contributed by atoms with E-state index in [4.69, 9.17) is 9.47 Å². The number of carbonyl (C=O) groups excluding carboxylic acids is 2. The molecule has 1 aromatic rings. The molecule has 39 heavy (non-hydrogen) atoms. The normalized spacial score (nSPS) is 19.2. The number of nitrogens with one attached hydrogen (secondary N) is 1. The van der Waals surface area contributed by atoms with Crippen LogP contribution in [0.2, 0.25) is 0 Å². The van der Waals surface area contributed by atoms with Crippen molar-refractivity contribution in [2.45, 2.75) is 152 Å². The number of carbonyl (C=O) groups is 2. The summed E-state index contributed by atoms with van der Waals surface area (Å²) in [5, 5.41) is 2.61. The summed E-state index contributed by atoms with van der Waals surface area (Å²) in [5.41, 5.74) is 3.89. The second-order valence-electron chi connectivity index (χ2n) is 13.3. The third-order valence-corrected chi connectivity index (χ3v) is 8.81. The van der Waals surface area contributed by atoms with E-state index in [9.17, 15) is 9.59 Å². The molecule has 5 nitrogen and oxygen atoms in total. The minimum atomic E-state index is -0.697. The first kappa shape index (κ1) is 33.2. The maximum absolute atomic E-state index is 12.6. The molecule has 0 saturated carbocycles. The molecule has 1 amide bonds. The maximum Gasteiger partial charge on any atom is 0.333 e. The second-order valence-corrected chi connectivity index (χ2v) is 13.3. The molecule has 1 aromatic carbocycles. The van der Waals surface area contributed by atoms with E-state index < -0.39 is 12.0 Å². The van der Waals surface area contributed by atoms with Crippen molar-refractivity contribution < 1.29 is 19.1 Å². The molecule has 0 radical (unpaired) electrons. The van der Waals surface area contributed by atoms with Gasteiger partial charge in [-0.3, -0.25) is 4.79 Å². The zero-order valence-corrected chi connectivity index (χ0v) is 26.7. The summed E-state index contributed by atoms with van der Waals surface area (Å²) >= 11 is 0. The number of amides is 1. The minimum absolute atomic E-state index is 0.167. The van der Waals surface area contributed by atoms with Crippen molar-refractivity contribution in [1.82, 2.24) is 5.32 Å². The van der Waals surface area contributed by atoms with Gasteiger partial charge in [0.1, 0.15) is 23.1 Å². The predicted octanol–water partition coefficient (Wildman–Crippen LogP) is 8.56. The number of hydrogen-bond donors (Lipinski definition) is 1. The summed E-state index contributed by atoms with van der Waals surface area (Å²) in [6.45, 7) is 20.8. The average molecular weight is 544 g/mol. The largest absolute Gasteiger partial charge is 0.487 e. The summed E-state index contributed by atoms with van der Waals surface area (Å²) in [4.78, 5) is 24.0. The zero-order valence-electron chi connectivity index (χ0n) is 26.7. The van der Waals surface area contributed by atoms with Crippen LogP contribution in [0.5, 0.6) is 11.5 Å². The maximum atomic E-state index is 12.6. The fourth-order valence-electron chi connectivity index (χ4n) is 5.97. The minimum Gasteiger partial charge on any atom is -0.487 e. The second kappa shape index (κ2) is 15.1. The van der Waals surface area contributed by atoms with E-state index in [0.29, 0.717) is 5.75 Å². The van der Waals surface area contributed by atoms with E-state index in [1.54, 1.807) is 6.92 Å². The van der Waals surface area contributed by atoms with Crippen molar-refractivity contribution in [2.75, 3.05) is 0 Å². The van der Waals surface area contributed by atoms with Crippen molar-refractivity contribution in [2.24, 2.45) is 17.8 Å². The third-order valence-electron chi connectivity index (χ3n) is 8.81. The van der Waals surface area contributed by atoms with Crippen LogP contribution < -0.4 is 14.8 Å². The van der Waals surface area contributed by atoms with Gasteiger partial charge < -0.3 is 14.8 Å². The smallest absolute Gasteiger partial charge is 0.333 e. The summed E-state index contributed by atoms with van der Waals surface area (Å²) in [6.07, 6.45) is 13.5. The topological polar surface area (TPSA) is 64.6 Å². The van der Waals surface area contributed by atoms with E-state index in [-0.39, 0.29) is 11.5 Å². The predicted molar refractivity (Wildman–Crippen MR) is 162 cm³/mol. The Morgan fingerprint density at radius 2 is 1.44 bits per heavy atom. The summed E-state index contributed by atoms with van der Waals surface area (Å²) in [6, 6.07) is -0.697. The summed E-state index contributed by atoms with van der Waals surface area (Å²) in [5.74, 6) is 3.30. The molecule has 0 aliphatic carbocycles. The van der Waals surface area contributed by atoms with Crippen molar-refractivity contribution in [3.8, 4) is 11.5 Å². The van der Waals surface area contributed by atoms with E-state index in [2.05, 4.69) is 46.9 Å². The molecular weight excluding hydrogens is 486 g/mol. The molecule has 0 fully saturated rings. The van der Waals surface area contributed by atoms with Gasteiger partial charge in [-0.2, -0.15) is 0 Å². The van der Waals surface area contributed by atoms with Crippen molar-refractivity contribution in [3.05, 3.63) is 22.3 Å². The Bertz CT molecular complexity index is 969. The lowest BCUT2D eigenvalue weighted by Crippen LogP contribution is -2.40. The molecule has 0 spiro atoms. The highest BCUT2D eigenvalue weighted by Crippen LogP contribution is 2.45. The van der Waals surface area contributed by atoms with Crippen molar-refractivity contribution in [1.29, 1.82) is 0 Å². The van der Waals surface area contributed by atoms with E-state index in [1.807, 2.05) is 13.8 Å². The highest BCUT2D eigenvalue weighted by molar-refractivity contribution is 5.84. The van der Waals surface area contributed by atoms with Crippen LogP contribution in [0.25, 0.3) is 0 Å². The number of hydrogen-bond acceptors (Lipinski definition) is 4. The Labute approximate surface area is 239 Å². The van der Waals surface area contributed by atoms with Crippen LogP contribution >= 0.6 is 0 Å². The average Bonchev–Trinajstić information content (AvgIpc) is 2.84. The number of esters is 1. The van der Waals surface area contributed by atoms with Crippen LogP contribution in [0.15, 0.2) is 0 Å². The fraction of sp³-hybridized carbons (Fsp3) is 0.765. The SMILES string of the molecule is CC(=O)NC(C)C(=O)Oc1c(C)c(C)c2c(c1C)CCC(C)(CCCC(C)CCCC(C)CCCC(C)C)O2. The molecule has 2 rings (SSSR count). The Morgan fingerprint density at radius 3 is 2.00 bits per heavy atom. The van der Waals surface area contributed by atoms with Crippen LogP contribution in [-0.2, 0) is 16.0 Å². The monoisotopic (exact) mass is 543 g/mol. The van der Waals surface area contributed by atoms with Crippen molar-refractivity contribution >= 4 is 11.9 Å². The number of ether oxygens (including phenoxy) is 2. The molecule has 0 aromatic heterocycles. The van der Waals surface area contributed by atoms with Gasteiger partial charge in [-0.15, -0.1) is 0 Å². The van der Waals surface area contributed by atoms with Crippen LogP contribution in [0.1, 0.15) is 135 Å². The summed E-state index contributed by atoms with van der Waals surface area (Å²) in [7, 11) is 0. The first-order valence-corrected chi connectivity index (χ1v) is 15.5. The highest BCUT2D eigenvalue weighted by Gasteiger charge is 2.35. The van der Waals surface area contributed by atoms with Gasteiger partial charge in [-0.1, -0.05) is 72.6 Å². The lowest BCUT2D eigenvalue weighted by Gasteiger charge is -2.38. The number of fused-ring (bicyclic) bond motifs is 1. The van der Waals surface area contributed by atoms with Gasteiger partial charge in [0.2, 0.25) is 5.91 Å². The van der Waals surface area contributed by atoms with Gasteiger partial charge in [-0.05, 0) is 94.7 Å². The molecule has 0 bridgehead atoms. The first-order valence-electron chi connectivity index (χ1n) is 15.5. The molecule has 1 aliphatic heterocycles. The molecule has 0 saturated heterocycles. The Balaban J connectivity index is 1.90. The molecule has 1 heterocycles. The first-order chi connectivity index (χ1) is 18.2. The third kappa shape index (κ3) is 10.1. The van der Waals surface area contributed by atoms with Crippen LogP contribution in [-0.4, -0.2) is 23.5 Å². The standard InChI is InChI=1S/C34H57NO4/c1-22(2)14-11-15-23(3)16-12-17-24(4)18-13-20-34(10)21-19-30-27(7)31(25(5)26(6)32(30)39-34)38-33(37)28(8)35-29(9)36/h22-24,28H,11-21H2,1-10H3,(H,35,36). The quantitative estimate of drug-likeness (QED) is 0.178. The number of benzene rings is 1. The van der Waals surface area contributed by atoms with E-state index in [0.717, 1.165) is 65.0 Å². The molecule has 222 valence electrons. The highest BCUT2D eigenvalue weighted by atomic mass is 16.5. The van der Waals surface area contributed by atoms with Gasteiger partial charge in [-0.25, -0.2) is 4.79 Å². The van der Waals surface area contributed by atoms with Gasteiger partial charge in [0.25, 0.3) is 0 Å². The Hall–Kier alpha value is -2.04. The van der Waals surface area contributed by atoms with Gasteiger partial charge in [0.15, 0.2) is 0 Å². The van der Waals surface area contributed by atoms with E-state index >= 15 is 0 Å². The van der Waals surface area contributed by atoms with Crippen LogP contribution in [0.4, 0.5) is 0 Å². The van der Waals surface area contributed by atoms with Gasteiger partial charge >= 0.3 is 5.97 Å². The molecule has 5 heteroatoms. The van der Waals surface area contributed by atoms with Crippen molar-refractivity contribution in [3.63, 3.8) is 0 Å². The molecule has 4 atom stereocenters. The Morgan fingerprint density at radius 1 is 0.872 bits per heavy atom. The molecule has 1 N–H and O–H groups in total. The molecule has 4 unspecified atom stereocenters. The number of rotatable bonds is 15. The van der Waals surface area contributed by atoms with Crippen LogP contribution in [0.3, 0.4) is 0 Å². The Kier molecular flexibility index (Phi) is 12.8. The molecular formula is C34H57NO4. The zero-order chi connectivity index (χ0) is 29.3.